The fourth-order valence-corrected chi connectivity index (χ4v) is 1.49. The van der Waals surface area contributed by atoms with E-state index in [9.17, 15) is 4.79 Å². The van der Waals surface area contributed by atoms with Crippen LogP contribution in [0.25, 0.3) is 0 Å². The van der Waals surface area contributed by atoms with Crippen LogP contribution in [-0.2, 0) is 18.4 Å². The number of rotatable bonds is 4. The Labute approximate surface area is 96.2 Å². The number of aryl methyl sites for hydroxylation is 1. The molecule has 5 nitrogen and oxygen atoms in total. The number of hydrogen-bond donors (Lipinski definition) is 1. The van der Waals surface area contributed by atoms with Crippen LogP contribution in [-0.4, -0.2) is 32.7 Å². The monoisotopic (exact) mass is 224 g/mol. The molecule has 5 heteroatoms. The SMILES string of the molecule is Cn1cc(CN(CC(N)=O)C(C)(C)C)cn1. The van der Waals surface area contributed by atoms with Crippen molar-refractivity contribution in [3.63, 3.8) is 0 Å². The maximum atomic E-state index is 11.0. The molecule has 1 aromatic rings. The van der Waals surface area contributed by atoms with E-state index < -0.39 is 0 Å². The lowest BCUT2D eigenvalue weighted by atomic mass is 10.1. The van der Waals surface area contributed by atoms with E-state index in [1.807, 2.05) is 18.1 Å². The average molecular weight is 224 g/mol. The zero-order valence-electron chi connectivity index (χ0n) is 10.4. The van der Waals surface area contributed by atoms with Gasteiger partial charge in [-0.3, -0.25) is 14.4 Å². The second kappa shape index (κ2) is 4.65. The molecule has 1 rings (SSSR count). The van der Waals surface area contributed by atoms with Gasteiger partial charge in [0.2, 0.25) is 5.91 Å². The highest BCUT2D eigenvalue weighted by Gasteiger charge is 2.23. The summed E-state index contributed by atoms with van der Waals surface area (Å²) in [5.41, 5.74) is 6.24. The summed E-state index contributed by atoms with van der Waals surface area (Å²) < 4.78 is 1.75. The Kier molecular flexibility index (Phi) is 3.70. The molecule has 0 radical (unpaired) electrons. The molecule has 1 aromatic heterocycles. The van der Waals surface area contributed by atoms with Crippen molar-refractivity contribution in [3.8, 4) is 0 Å². The zero-order chi connectivity index (χ0) is 12.3. The summed E-state index contributed by atoms with van der Waals surface area (Å²) in [6.07, 6.45) is 3.75. The maximum absolute atomic E-state index is 11.0. The van der Waals surface area contributed by atoms with Gasteiger partial charge in [-0.2, -0.15) is 5.10 Å². The molecule has 1 amide bonds. The Morgan fingerprint density at radius 1 is 1.56 bits per heavy atom. The molecule has 0 bridgehead atoms. The molecule has 90 valence electrons. The molecule has 0 atom stereocenters. The van der Waals surface area contributed by atoms with Crippen LogP contribution in [0.3, 0.4) is 0 Å². The van der Waals surface area contributed by atoms with Crippen molar-refractivity contribution in [1.29, 1.82) is 0 Å². The fourth-order valence-electron chi connectivity index (χ4n) is 1.49. The van der Waals surface area contributed by atoms with Gasteiger partial charge in [-0.1, -0.05) is 0 Å². The summed E-state index contributed by atoms with van der Waals surface area (Å²) >= 11 is 0. The van der Waals surface area contributed by atoms with Gasteiger partial charge in [-0.25, -0.2) is 0 Å². The molecule has 0 saturated carbocycles. The first-order valence-corrected chi connectivity index (χ1v) is 5.30. The van der Waals surface area contributed by atoms with Gasteiger partial charge in [0, 0.05) is 30.9 Å². The Hall–Kier alpha value is -1.36. The summed E-state index contributed by atoms with van der Waals surface area (Å²) in [7, 11) is 1.87. The van der Waals surface area contributed by atoms with Crippen molar-refractivity contribution in [2.75, 3.05) is 6.54 Å². The predicted octanol–water partition coefficient (Wildman–Crippen LogP) is 0.506. The van der Waals surface area contributed by atoms with Gasteiger partial charge in [0.05, 0.1) is 12.7 Å². The number of nitrogens with zero attached hydrogens (tertiary/aromatic N) is 3. The molecule has 0 unspecified atom stereocenters. The Bertz CT molecular complexity index is 364. The van der Waals surface area contributed by atoms with Crippen LogP contribution in [0, 0.1) is 0 Å². The highest BCUT2D eigenvalue weighted by Crippen LogP contribution is 2.16. The van der Waals surface area contributed by atoms with Crippen LogP contribution in [0.5, 0.6) is 0 Å². The topological polar surface area (TPSA) is 64.2 Å². The van der Waals surface area contributed by atoms with Crippen molar-refractivity contribution in [2.24, 2.45) is 12.8 Å². The number of carbonyl (C=O) groups excluding carboxylic acids is 1. The van der Waals surface area contributed by atoms with Crippen molar-refractivity contribution in [2.45, 2.75) is 32.9 Å². The lowest BCUT2D eigenvalue weighted by molar-refractivity contribution is -0.120. The molecule has 16 heavy (non-hydrogen) atoms. The van der Waals surface area contributed by atoms with Crippen LogP contribution in [0.4, 0.5) is 0 Å². The summed E-state index contributed by atoms with van der Waals surface area (Å²) in [6.45, 7) is 7.13. The second-order valence-electron chi connectivity index (χ2n) is 5.02. The fraction of sp³-hybridized carbons (Fsp3) is 0.636. The maximum Gasteiger partial charge on any atom is 0.231 e. The zero-order valence-corrected chi connectivity index (χ0v) is 10.4. The summed E-state index contributed by atoms with van der Waals surface area (Å²) in [5, 5.41) is 4.10. The van der Waals surface area contributed by atoms with Crippen LogP contribution in [0.2, 0.25) is 0 Å². The normalized spacial score (nSPS) is 12.1. The Morgan fingerprint density at radius 3 is 2.56 bits per heavy atom. The van der Waals surface area contributed by atoms with E-state index in [4.69, 9.17) is 5.73 Å². The molecule has 2 N–H and O–H groups in total. The molecule has 0 fully saturated rings. The number of carbonyl (C=O) groups is 1. The van der Waals surface area contributed by atoms with Crippen LogP contribution < -0.4 is 5.73 Å². The van der Waals surface area contributed by atoms with E-state index in [0.29, 0.717) is 6.54 Å². The molecular formula is C11H20N4O. The number of primary amides is 1. The molecule has 0 spiro atoms. The van der Waals surface area contributed by atoms with E-state index in [1.54, 1.807) is 10.9 Å². The number of hydrogen-bond acceptors (Lipinski definition) is 3. The number of nitrogens with two attached hydrogens (primary N) is 1. The minimum Gasteiger partial charge on any atom is -0.369 e. The van der Waals surface area contributed by atoms with Crippen LogP contribution in [0.1, 0.15) is 26.3 Å². The molecular weight excluding hydrogens is 204 g/mol. The van der Waals surface area contributed by atoms with Gasteiger partial charge in [0.15, 0.2) is 0 Å². The minimum atomic E-state index is -0.307. The third-order valence-corrected chi connectivity index (χ3v) is 2.43. The van der Waals surface area contributed by atoms with E-state index in [2.05, 4.69) is 25.9 Å². The van der Waals surface area contributed by atoms with Gasteiger partial charge in [-0.15, -0.1) is 0 Å². The third kappa shape index (κ3) is 3.66. The second-order valence-corrected chi connectivity index (χ2v) is 5.02. The van der Waals surface area contributed by atoms with Gasteiger partial charge < -0.3 is 5.73 Å². The lowest BCUT2D eigenvalue weighted by Gasteiger charge is -2.34. The molecule has 0 aliphatic heterocycles. The summed E-state index contributed by atoms with van der Waals surface area (Å²) in [5.74, 6) is -0.307. The molecule has 0 aliphatic rings. The van der Waals surface area contributed by atoms with Crippen molar-refractivity contribution < 1.29 is 4.79 Å². The summed E-state index contributed by atoms with van der Waals surface area (Å²) in [4.78, 5) is 13.0. The smallest absolute Gasteiger partial charge is 0.231 e. The predicted molar refractivity (Wildman–Crippen MR) is 62.6 cm³/mol. The van der Waals surface area contributed by atoms with Crippen molar-refractivity contribution in [3.05, 3.63) is 18.0 Å². The van der Waals surface area contributed by atoms with Crippen LogP contribution in [0.15, 0.2) is 12.4 Å². The van der Waals surface area contributed by atoms with E-state index >= 15 is 0 Å². The molecule has 0 aliphatic carbocycles. The molecule has 1 heterocycles. The standard InChI is InChI=1S/C11H20N4O/c1-11(2,3)15(8-10(12)16)7-9-5-13-14(4)6-9/h5-6H,7-8H2,1-4H3,(H2,12,16). The number of amides is 1. The minimum absolute atomic E-state index is 0.0924. The Morgan fingerprint density at radius 2 is 2.19 bits per heavy atom. The quantitative estimate of drug-likeness (QED) is 0.810. The lowest BCUT2D eigenvalue weighted by Crippen LogP contribution is -2.45. The summed E-state index contributed by atoms with van der Waals surface area (Å²) in [6, 6.07) is 0. The van der Waals surface area contributed by atoms with Gasteiger partial charge in [0.25, 0.3) is 0 Å². The van der Waals surface area contributed by atoms with Crippen molar-refractivity contribution in [1.82, 2.24) is 14.7 Å². The largest absolute Gasteiger partial charge is 0.369 e. The first kappa shape index (κ1) is 12.7. The van der Waals surface area contributed by atoms with Gasteiger partial charge >= 0.3 is 0 Å². The first-order valence-electron chi connectivity index (χ1n) is 5.30. The molecule has 0 aromatic carbocycles. The average Bonchev–Trinajstić information content (AvgIpc) is 2.47. The van der Waals surface area contributed by atoms with Gasteiger partial charge in [0.1, 0.15) is 0 Å². The number of aromatic nitrogens is 2. The highest BCUT2D eigenvalue weighted by molar-refractivity contribution is 5.76. The Balaban J connectivity index is 2.74. The van der Waals surface area contributed by atoms with E-state index in [-0.39, 0.29) is 18.0 Å². The highest BCUT2D eigenvalue weighted by atomic mass is 16.1. The third-order valence-electron chi connectivity index (χ3n) is 2.43. The molecule has 0 saturated heterocycles. The van der Waals surface area contributed by atoms with Crippen LogP contribution >= 0.6 is 0 Å². The van der Waals surface area contributed by atoms with E-state index in [0.717, 1.165) is 5.56 Å². The van der Waals surface area contributed by atoms with Crippen molar-refractivity contribution >= 4 is 5.91 Å². The van der Waals surface area contributed by atoms with Gasteiger partial charge in [-0.05, 0) is 20.8 Å². The van der Waals surface area contributed by atoms with E-state index in [1.165, 1.54) is 0 Å². The first-order chi connectivity index (χ1) is 7.29.